The Morgan fingerprint density at radius 3 is 0.789 bits per heavy atom. The lowest BCUT2D eigenvalue weighted by molar-refractivity contribution is -0.167. The van der Waals surface area contributed by atoms with Crippen LogP contribution in [-0.2, 0) is 28.6 Å². The third-order valence-electron chi connectivity index (χ3n) is 15.7. The second-order valence-electron chi connectivity index (χ2n) is 23.1. The SMILES string of the molecule is CCCCCCCCCCCCCCCCCC(=O)OCC(COC(=O)CCCCCCCCCCCCCCCCC)OC(=O)CCCCCCCCCCCCCCCCC.CCCCCNC(C)N(CC)CC. The highest BCUT2D eigenvalue weighted by molar-refractivity contribution is 5.71. The van der Waals surface area contributed by atoms with Crippen LogP contribution in [-0.4, -0.2) is 67.9 Å². The predicted molar refractivity (Wildman–Crippen MR) is 330 cm³/mol. The monoisotopic (exact) mass is 1080 g/mol. The summed E-state index contributed by atoms with van der Waals surface area (Å²) < 4.78 is 16.9. The number of carbonyl (C=O) groups excluding carboxylic acids is 3. The highest BCUT2D eigenvalue weighted by Gasteiger charge is 2.20. The highest BCUT2D eigenvalue weighted by Crippen LogP contribution is 2.18. The Labute approximate surface area is 475 Å². The zero-order valence-electron chi connectivity index (χ0n) is 52.6. The molecule has 1 atom stereocenters. The zero-order chi connectivity index (χ0) is 55.9. The van der Waals surface area contributed by atoms with Crippen molar-refractivity contribution in [2.75, 3.05) is 32.8 Å². The quantitative estimate of drug-likeness (QED) is 0.0279. The van der Waals surface area contributed by atoms with E-state index in [-0.39, 0.29) is 31.1 Å². The van der Waals surface area contributed by atoms with Crippen LogP contribution >= 0.6 is 0 Å². The third kappa shape index (κ3) is 61.5. The molecule has 0 aliphatic heterocycles. The molecule has 76 heavy (non-hydrogen) atoms. The molecule has 0 saturated carbocycles. The van der Waals surface area contributed by atoms with Gasteiger partial charge in [-0.1, -0.05) is 324 Å². The Morgan fingerprint density at radius 2 is 0.539 bits per heavy atom. The first kappa shape index (κ1) is 76.4. The van der Waals surface area contributed by atoms with Gasteiger partial charge in [-0.3, -0.25) is 19.3 Å². The Kier molecular flexibility index (Phi) is 66.2. The molecular formula is C68H136N2O6. The van der Waals surface area contributed by atoms with Crippen molar-refractivity contribution in [3.8, 4) is 0 Å². The Bertz CT molecular complexity index is 1100. The lowest BCUT2D eigenvalue weighted by Crippen LogP contribution is -2.43. The van der Waals surface area contributed by atoms with Crippen LogP contribution in [0.15, 0.2) is 0 Å². The van der Waals surface area contributed by atoms with E-state index in [0.717, 1.165) is 77.4 Å². The van der Waals surface area contributed by atoms with Gasteiger partial charge in [0.15, 0.2) is 6.10 Å². The molecule has 0 rings (SSSR count). The average Bonchev–Trinajstić information content (AvgIpc) is 3.42. The lowest BCUT2D eigenvalue weighted by Gasteiger charge is -2.27. The maximum atomic E-state index is 12.8. The topological polar surface area (TPSA) is 94.2 Å². The van der Waals surface area contributed by atoms with Gasteiger partial charge >= 0.3 is 17.9 Å². The first-order valence-electron chi connectivity index (χ1n) is 34.3. The van der Waals surface area contributed by atoms with Crippen LogP contribution in [0.4, 0.5) is 0 Å². The van der Waals surface area contributed by atoms with E-state index >= 15 is 0 Å². The lowest BCUT2D eigenvalue weighted by atomic mass is 10.0. The van der Waals surface area contributed by atoms with Crippen molar-refractivity contribution in [1.82, 2.24) is 10.2 Å². The van der Waals surface area contributed by atoms with E-state index in [9.17, 15) is 14.4 Å². The van der Waals surface area contributed by atoms with E-state index in [2.05, 4.69) is 58.7 Å². The van der Waals surface area contributed by atoms with E-state index in [1.54, 1.807) is 0 Å². The van der Waals surface area contributed by atoms with Gasteiger partial charge < -0.3 is 19.5 Å². The van der Waals surface area contributed by atoms with Crippen molar-refractivity contribution < 1.29 is 28.6 Å². The fraction of sp³-hybridized carbons (Fsp3) is 0.956. The minimum absolute atomic E-state index is 0.0611. The smallest absolute Gasteiger partial charge is 0.306 e. The van der Waals surface area contributed by atoms with Crippen molar-refractivity contribution in [2.45, 2.75) is 388 Å². The zero-order valence-corrected chi connectivity index (χ0v) is 52.6. The first-order valence-corrected chi connectivity index (χ1v) is 34.3. The summed E-state index contributed by atoms with van der Waals surface area (Å²) in [6.45, 7) is 19.1. The second-order valence-corrected chi connectivity index (χ2v) is 23.1. The molecule has 0 aromatic rings. The summed E-state index contributed by atoms with van der Waals surface area (Å²) in [7, 11) is 0. The molecule has 0 saturated heterocycles. The van der Waals surface area contributed by atoms with E-state index < -0.39 is 6.10 Å². The van der Waals surface area contributed by atoms with Gasteiger partial charge in [0.05, 0.1) is 6.17 Å². The van der Waals surface area contributed by atoms with Crippen LogP contribution in [0.3, 0.4) is 0 Å². The summed E-state index contributed by atoms with van der Waals surface area (Å²) in [6.07, 6.45) is 62.5. The van der Waals surface area contributed by atoms with Crippen molar-refractivity contribution in [3.05, 3.63) is 0 Å². The number of ether oxygens (including phenoxy) is 3. The molecule has 0 fully saturated rings. The summed E-state index contributed by atoms with van der Waals surface area (Å²) in [5.41, 5.74) is 0. The summed E-state index contributed by atoms with van der Waals surface area (Å²) in [6, 6.07) is 0. The van der Waals surface area contributed by atoms with Crippen LogP contribution in [0.2, 0.25) is 0 Å². The molecular weight excluding hydrogens is 941 g/mol. The van der Waals surface area contributed by atoms with Crippen LogP contribution in [0.5, 0.6) is 0 Å². The molecule has 0 spiro atoms. The van der Waals surface area contributed by atoms with Gasteiger partial charge in [0.2, 0.25) is 0 Å². The first-order chi connectivity index (χ1) is 37.3. The van der Waals surface area contributed by atoms with Gasteiger partial charge in [0.1, 0.15) is 13.2 Å². The Hall–Kier alpha value is -1.67. The number of hydrogen-bond acceptors (Lipinski definition) is 8. The standard InChI is InChI=1S/C57H110O6.C11H26N2/c1-4-7-10-13-16-19-22-25-28-31-34-37-40-43-46-49-55(58)61-52-54(63-57(60)51-48-45-42-39-36-33-30-27-24-21-18-15-12-9-6-3)53-62-56(59)50-47-44-41-38-35-32-29-26-23-20-17-14-11-8-5-2;1-5-8-9-10-12-11(4)13(6-2)7-3/h54H,4-53H2,1-3H3;11-12H,5-10H2,1-4H3. The molecule has 8 nitrogen and oxygen atoms in total. The van der Waals surface area contributed by atoms with Crippen LogP contribution in [0.1, 0.15) is 376 Å². The third-order valence-corrected chi connectivity index (χ3v) is 15.7. The molecule has 0 heterocycles. The number of unbranched alkanes of at least 4 members (excludes halogenated alkanes) is 44. The number of hydrogen-bond donors (Lipinski definition) is 1. The fourth-order valence-corrected chi connectivity index (χ4v) is 10.4. The van der Waals surface area contributed by atoms with Gasteiger partial charge in [-0.15, -0.1) is 0 Å². The van der Waals surface area contributed by atoms with Crippen LogP contribution in [0.25, 0.3) is 0 Å². The molecule has 0 aromatic heterocycles. The van der Waals surface area contributed by atoms with Crippen LogP contribution < -0.4 is 5.32 Å². The van der Waals surface area contributed by atoms with Crippen molar-refractivity contribution in [2.24, 2.45) is 0 Å². The van der Waals surface area contributed by atoms with E-state index in [0.29, 0.717) is 25.4 Å². The summed E-state index contributed by atoms with van der Waals surface area (Å²) in [4.78, 5) is 40.5. The molecule has 0 radical (unpaired) electrons. The largest absolute Gasteiger partial charge is 0.462 e. The fourth-order valence-electron chi connectivity index (χ4n) is 10.4. The summed E-state index contributed by atoms with van der Waals surface area (Å²) in [5, 5.41) is 3.55. The molecule has 1 N–H and O–H groups in total. The van der Waals surface area contributed by atoms with E-state index in [1.165, 1.54) is 250 Å². The van der Waals surface area contributed by atoms with Crippen molar-refractivity contribution in [3.63, 3.8) is 0 Å². The summed E-state index contributed by atoms with van der Waals surface area (Å²) in [5.74, 6) is -0.832. The van der Waals surface area contributed by atoms with Gasteiger partial charge in [-0.05, 0) is 52.2 Å². The van der Waals surface area contributed by atoms with E-state index in [4.69, 9.17) is 14.2 Å². The van der Waals surface area contributed by atoms with E-state index in [1.807, 2.05) is 0 Å². The average molecular weight is 1080 g/mol. The highest BCUT2D eigenvalue weighted by atomic mass is 16.6. The Balaban J connectivity index is 0. The number of nitrogens with zero attached hydrogens (tertiary/aromatic N) is 1. The number of rotatable bonds is 61. The maximum absolute atomic E-state index is 12.8. The second kappa shape index (κ2) is 65.8. The van der Waals surface area contributed by atoms with Gasteiger partial charge in [-0.25, -0.2) is 0 Å². The van der Waals surface area contributed by atoms with Crippen LogP contribution in [0, 0.1) is 0 Å². The molecule has 0 bridgehead atoms. The minimum Gasteiger partial charge on any atom is -0.462 e. The molecule has 0 aromatic carbocycles. The molecule has 0 amide bonds. The van der Waals surface area contributed by atoms with Crippen molar-refractivity contribution >= 4 is 17.9 Å². The minimum atomic E-state index is -0.760. The van der Waals surface area contributed by atoms with Gasteiger partial charge in [0, 0.05) is 19.3 Å². The maximum Gasteiger partial charge on any atom is 0.306 e. The van der Waals surface area contributed by atoms with Gasteiger partial charge in [0.25, 0.3) is 0 Å². The molecule has 454 valence electrons. The molecule has 0 aliphatic carbocycles. The molecule has 8 heteroatoms. The predicted octanol–water partition coefficient (Wildman–Crippen LogP) is 21.2. The van der Waals surface area contributed by atoms with Gasteiger partial charge in [-0.2, -0.15) is 0 Å². The Morgan fingerprint density at radius 1 is 0.316 bits per heavy atom. The summed E-state index contributed by atoms with van der Waals surface area (Å²) >= 11 is 0. The normalized spacial score (nSPS) is 11.8. The molecule has 0 aliphatic rings. The number of esters is 3. The van der Waals surface area contributed by atoms with Crippen molar-refractivity contribution in [1.29, 1.82) is 0 Å². The molecule has 1 unspecified atom stereocenters. The number of nitrogens with one attached hydrogen (secondary N) is 1. The number of carbonyl (C=O) groups is 3.